The van der Waals surface area contributed by atoms with Gasteiger partial charge in [-0.05, 0) is 68.7 Å². The van der Waals surface area contributed by atoms with E-state index in [2.05, 4.69) is 13.8 Å². The molecular formula is C27H34N2O5. The molecule has 2 aromatic carbocycles. The number of hydrogen-bond donors (Lipinski definition) is 1. The summed E-state index contributed by atoms with van der Waals surface area (Å²) in [6, 6.07) is 11.6. The molecule has 7 nitrogen and oxygen atoms in total. The first kappa shape index (κ1) is 25.3. The Labute approximate surface area is 201 Å². The lowest BCUT2D eigenvalue weighted by atomic mass is 9.94. The smallest absolute Gasteiger partial charge is 0.295 e. The van der Waals surface area contributed by atoms with Gasteiger partial charge in [-0.2, -0.15) is 0 Å². The van der Waals surface area contributed by atoms with Gasteiger partial charge in [0.05, 0.1) is 45.9 Å². The highest BCUT2D eigenvalue weighted by molar-refractivity contribution is 6.46. The molecule has 2 aromatic rings. The fourth-order valence-corrected chi connectivity index (χ4v) is 4.41. The number of likely N-dealkylation sites (N-methyl/N-ethyl adjacent to an activating group) is 1. The van der Waals surface area contributed by atoms with Crippen LogP contribution in [0.1, 0.15) is 43.5 Å². The van der Waals surface area contributed by atoms with Crippen LogP contribution in [0.3, 0.4) is 0 Å². The summed E-state index contributed by atoms with van der Waals surface area (Å²) in [5, 5.41) is 13.7. The van der Waals surface area contributed by atoms with Crippen LogP contribution in [0.25, 0.3) is 5.76 Å². The van der Waals surface area contributed by atoms with E-state index in [1.54, 1.807) is 49.3 Å². The Morgan fingerprint density at radius 3 is 2.24 bits per heavy atom. The second-order valence-electron chi connectivity index (χ2n) is 8.36. The number of likely N-dealkylation sites (tertiary alicyclic amines) is 1. The van der Waals surface area contributed by atoms with E-state index in [9.17, 15) is 14.7 Å². The number of aryl methyl sites for hydroxylation is 1. The van der Waals surface area contributed by atoms with Gasteiger partial charge in [0, 0.05) is 5.57 Å². The maximum atomic E-state index is 13.7. The van der Waals surface area contributed by atoms with Crippen LogP contribution in [-0.4, -0.2) is 56.5 Å². The van der Waals surface area contributed by atoms with Crippen LogP contribution >= 0.6 is 0 Å². The Balaban J connectivity index is 2.11. The Morgan fingerprint density at radius 2 is 1.68 bits per heavy atom. The summed E-state index contributed by atoms with van der Waals surface area (Å²) in [5.74, 6) is -0.455. The number of methoxy groups -OCH3 is 1. The number of benzene rings is 2. The molecule has 1 aliphatic heterocycles. The minimum absolute atomic E-state index is 0.00280. The number of hydrogen-bond acceptors (Lipinski definition) is 5. The molecule has 1 fully saturated rings. The Kier molecular flexibility index (Phi) is 8.34. The van der Waals surface area contributed by atoms with Crippen LogP contribution in [0.2, 0.25) is 0 Å². The molecule has 1 atom stereocenters. The molecule has 0 aromatic heterocycles. The minimum atomic E-state index is -0.736. The first-order valence-corrected chi connectivity index (χ1v) is 11.8. The maximum absolute atomic E-state index is 13.7. The third-order valence-corrected chi connectivity index (χ3v) is 6.42. The molecule has 1 unspecified atom stereocenters. The van der Waals surface area contributed by atoms with Crippen molar-refractivity contribution in [3.05, 3.63) is 64.7 Å². The SMILES string of the molecule is CCOc1ccc(C2/C(=C(\[O-])c3ccc(OC)cc3C)C(=O)C(=O)N2CC[NH+](CC)CC)cc1. The predicted molar refractivity (Wildman–Crippen MR) is 129 cm³/mol. The predicted octanol–water partition coefficient (Wildman–Crippen LogP) is 1.55. The zero-order valence-electron chi connectivity index (χ0n) is 20.6. The van der Waals surface area contributed by atoms with E-state index in [1.165, 1.54) is 4.90 Å². The van der Waals surface area contributed by atoms with Gasteiger partial charge in [0.2, 0.25) is 5.78 Å². The van der Waals surface area contributed by atoms with Crippen molar-refractivity contribution in [3.63, 3.8) is 0 Å². The summed E-state index contributed by atoms with van der Waals surface area (Å²) >= 11 is 0. The van der Waals surface area contributed by atoms with Crippen molar-refractivity contribution < 1.29 is 29.1 Å². The van der Waals surface area contributed by atoms with Gasteiger partial charge < -0.3 is 24.4 Å². The van der Waals surface area contributed by atoms with Gasteiger partial charge >= 0.3 is 0 Å². The molecule has 3 rings (SSSR count). The number of nitrogens with one attached hydrogen (secondary N) is 1. The van der Waals surface area contributed by atoms with E-state index in [0.717, 1.165) is 13.1 Å². The zero-order chi connectivity index (χ0) is 24.8. The highest BCUT2D eigenvalue weighted by atomic mass is 16.5. The topological polar surface area (TPSA) is 83.3 Å². The Morgan fingerprint density at radius 1 is 1.03 bits per heavy atom. The molecule has 1 amide bonds. The van der Waals surface area contributed by atoms with Crippen LogP contribution in [-0.2, 0) is 9.59 Å². The molecule has 1 aliphatic rings. The number of carbonyl (C=O) groups is 2. The fourth-order valence-electron chi connectivity index (χ4n) is 4.41. The highest BCUT2D eigenvalue weighted by Gasteiger charge is 2.44. The third-order valence-electron chi connectivity index (χ3n) is 6.42. The summed E-state index contributed by atoms with van der Waals surface area (Å²) in [4.78, 5) is 29.2. The van der Waals surface area contributed by atoms with Crippen molar-refractivity contribution in [3.8, 4) is 11.5 Å². The lowest BCUT2D eigenvalue weighted by Gasteiger charge is -2.29. The molecule has 182 valence electrons. The van der Waals surface area contributed by atoms with E-state index in [4.69, 9.17) is 9.47 Å². The Hall–Kier alpha value is -3.32. The molecule has 1 N–H and O–H groups in total. The molecule has 1 saturated heterocycles. The molecule has 0 aliphatic carbocycles. The minimum Gasteiger partial charge on any atom is -0.872 e. The lowest BCUT2D eigenvalue weighted by molar-refractivity contribution is -0.895. The molecule has 0 spiro atoms. The summed E-state index contributed by atoms with van der Waals surface area (Å²) < 4.78 is 10.8. The fraction of sp³-hybridized carbons (Fsp3) is 0.407. The molecule has 0 bridgehead atoms. The van der Waals surface area contributed by atoms with Gasteiger partial charge in [-0.25, -0.2) is 0 Å². The van der Waals surface area contributed by atoms with Gasteiger partial charge in [0.15, 0.2) is 0 Å². The monoisotopic (exact) mass is 466 g/mol. The van der Waals surface area contributed by atoms with Crippen LogP contribution in [0, 0.1) is 6.92 Å². The van der Waals surface area contributed by atoms with Crippen LogP contribution < -0.4 is 19.5 Å². The number of carbonyl (C=O) groups excluding carboxylic acids is 2. The second kappa shape index (κ2) is 11.2. The van der Waals surface area contributed by atoms with Gasteiger partial charge in [-0.3, -0.25) is 9.59 Å². The van der Waals surface area contributed by atoms with Gasteiger partial charge in [-0.15, -0.1) is 0 Å². The number of ketones is 1. The maximum Gasteiger partial charge on any atom is 0.295 e. The number of rotatable bonds is 10. The number of amides is 1. The molecular weight excluding hydrogens is 432 g/mol. The van der Waals surface area contributed by atoms with E-state index in [0.29, 0.717) is 47.9 Å². The standard InChI is InChI=1S/C27H34N2O5/c1-6-28(7-2)15-16-29-24(19-9-11-20(12-10-19)34-8-3)23(26(31)27(29)32)25(30)22-14-13-21(33-5)17-18(22)4/h9-14,17,24,30H,6-8,15-16H2,1-5H3/b25-23+. The first-order valence-electron chi connectivity index (χ1n) is 11.8. The van der Waals surface area contributed by atoms with Crippen LogP contribution in [0.4, 0.5) is 0 Å². The number of nitrogens with zero attached hydrogens (tertiary/aromatic N) is 1. The normalized spacial score (nSPS) is 17.5. The molecule has 7 heteroatoms. The second-order valence-corrected chi connectivity index (χ2v) is 8.36. The number of Topliss-reactive ketones (excluding diaryl/α,β-unsaturated/α-hetero) is 1. The molecule has 34 heavy (non-hydrogen) atoms. The van der Waals surface area contributed by atoms with Crippen molar-refractivity contribution in [2.24, 2.45) is 0 Å². The first-order chi connectivity index (χ1) is 16.4. The van der Waals surface area contributed by atoms with E-state index >= 15 is 0 Å². The summed E-state index contributed by atoms with van der Waals surface area (Å²) in [7, 11) is 1.56. The van der Waals surface area contributed by atoms with Crippen LogP contribution in [0.5, 0.6) is 11.5 Å². The average molecular weight is 467 g/mol. The van der Waals surface area contributed by atoms with Crippen molar-refractivity contribution in [1.29, 1.82) is 0 Å². The largest absolute Gasteiger partial charge is 0.872 e. The molecule has 0 saturated carbocycles. The Bertz CT molecular complexity index is 1060. The number of quaternary nitrogens is 1. The molecule has 0 radical (unpaired) electrons. The summed E-state index contributed by atoms with van der Waals surface area (Å²) in [6.07, 6.45) is 0. The van der Waals surface area contributed by atoms with Gasteiger partial charge in [0.25, 0.3) is 5.91 Å². The summed E-state index contributed by atoms with van der Waals surface area (Å²) in [6.45, 7) is 11.3. The van der Waals surface area contributed by atoms with Gasteiger partial charge in [-0.1, -0.05) is 24.0 Å². The highest BCUT2D eigenvalue weighted by Crippen LogP contribution is 2.39. The van der Waals surface area contributed by atoms with Gasteiger partial charge in [0.1, 0.15) is 11.5 Å². The van der Waals surface area contributed by atoms with Crippen LogP contribution in [0.15, 0.2) is 48.0 Å². The van der Waals surface area contributed by atoms with E-state index < -0.39 is 23.5 Å². The number of ether oxygens (including phenoxy) is 2. The van der Waals surface area contributed by atoms with Crippen molar-refractivity contribution in [2.45, 2.75) is 33.7 Å². The van der Waals surface area contributed by atoms with E-state index in [1.807, 2.05) is 19.1 Å². The van der Waals surface area contributed by atoms with E-state index in [-0.39, 0.29) is 5.57 Å². The third kappa shape index (κ3) is 5.09. The van der Waals surface area contributed by atoms with Crippen molar-refractivity contribution in [1.82, 2.24) is 4.90 Å². The molecule has 1 heterocycles. The lowest BCUT2D eigenvalue weighted by Crippen LogP contribution is -3.12. The van der Waals surface area contributed by atoms with Crippen molar-refractivity contribution in [2.75, 3.05) is 39.9 Å². The summed E-state index contributed by atoms with van der Waals surface area (Å²) in [5.41, 5.74) is 1.79. The quantitative estimate of drug-likeness (QED) is 0.326. The average Bonchev–Trinajstić information content (AvgIpc) is 3.10. The van der Waals surface area contributed by atoms with Crippen molar-refractivity contribution >= 4 is 17.4 Å². The zero-order valence-corrected chi connectivity index (χ0v) is 20.6.